The van der Waals surface area contributed by atoms with Gasteiger partial charge in [-0.15, -0.1) is 0 Å². The maximum atomic E-state index is 3.72. The quantitative estimate of drug-likeness (QED) is 0.634. The van der Waals surface area contributed by atoms with Gasteiger partial charge in [0, 0.05) is 6.04 Å². The molecule has 1 saturated carbocycles. The summed E-state index contributed by atoms with van der Waals surface area (Å²) in [6.45, 7) is 5.79. The molecule has 0 aromatic carbocycles. The summed E-state index contributed by atoms with van der Waals surface area (Å²) in [5, 5.41) is 3.44. The Bertz CT molecular complexity index is 164. The Labute approximate surface area is 75.6 Å². The fourth-order valence-electron chi connectivity index (χ4n) is 1.58. The van der Waals surface area contributed by atoms with E-state index in [2.05, 4.69) is 25.0 Å². The first-order valence-electron chi connectivity index (χ1n) is 4.88. The molecule has 68 valence electrons. The molecule has 1 aliphatic rings. The third-order valence-corrected chi connectivity index (χ3v) is 2.47. The van der Waals surface area contributed by atoms with Gasteiger partial charge in [0.1, 0.15) is 0 Å². The molecule has 0 unspecified atom stereocenters. The maximum absolute atomic E-state index is 3.72. The van der Waals surface area contributed by atoms with Crippen LogP contribution in [0.1, 0.15) is 39.0 Å². The first-order chi connectivity index (χ1) is 5.83. The Morgan fingerprint density at radius 3 is 2.58 bits per heavy atom. The van der Waals surface area contributed by atoms with Gasteiger partial charge in [0.2, 0.25) is 0 Å². The summed E-state index contributed by atoms with van der Waals surface area (Å²) in [7, 11) is 0. The first-order valence-corrected chi connectivity index (χ1v) is 4.88. The molecule has 0 atom stereocenters. The molecule has 1 fully saturated rings. The van der Waals surface area contributed by atoms with Gasteiger partial charge in [0.25, 0.3) is 0 Å². The van der Waals surface area contributed by atoms with Crippen LogP contribution in [0.15, 0.2) is 24.4 Å². The highest BCUT2D eigenvalue weighted by atomic mass is 14.9. The van der Waals surface area contributed by atoms with E-state index in [9.17, 15) is 0 Å². The van der Waals surface area contributed by atoms with Gasteiger partial charge < -0.3 is 5.32 Å². The molecule has 1 heteroatoms. The zero-order chi connectivity index (χ0) is 8.81. The molecule has 0 spiro atoms. The standard InChI is InChI=1S/C11H19N/c1-3-10(2)9-12-11-7-5-4-6-8-11/h3,9,11-12H,1,4-8H2,2H3/b10-9-. The zero-order valence-corrected chi connectivity index (χ0v) is 7.97. The van der Waals surface area contributed by atoms with E-state index in [-0.39, 0.29) is 0 Å². The van der Waals surface area contributed by atoms with E-state index in [1.165, 1.54) is 37.7 Å². The third-order valence-electron chi connectivity index (χ3n) is 2.47. The number of nitrogens with one attached hydrogen (secondary N) is 1. The molecule has 12 heavy (non-hydrogen) atoms. The molecular formula is C11H19N. The van der Waals surface area contributed by atoms with Crippen LogP contribution in [-0.2, 0) is 0 Å². The van der Waals surface area contributed by atoms with Crippen molar-refractivity contribution in [2.24, 2.45) is 0 Å². The van der Waals surface area contributed by atoms with Gasteiger partial charge in [-0.3, -0.25) is 0 Å². The molecule has 0 saturated heterocycles. The summed E-state index contributed by atoms with van der Waals surface area (Å²) in [6, 6.07) is 0.716. The molecule has 0 aromatic rings. The average Bonchev–Trinajstić information content (AvgIpc) is 2.16. The van der Waals surface area contributed by atoms with E-state index in [0.29, 0.717) is 6.04 Å². The highest BCUT2D eigenvalue weighted by molar-refractivity contribution is 5.11. The first kappa shape index (κ1) is 9.37. The SMILES string of the molecule is C=C/C(C)=C\NC1CCCCC1. The Hall–Kier alpha value is -0.720. The highest BCUT2D eigenvalue weighted by Gasteiger charge is 2.10. The Balaban J connectivity index is 2.25. The van der Waals surface area contributed by atoms with Crippen LogP contribution >= 0.6 is 0 Å². The molecular weight excluding hydrogens is 146 g/mol. The number of hydrogen-bond acceptors (Lipinski definition) is 1. The minimum absolute atomic E-state index is 0.716. The van der Waals surface area contributed by atoms with Gasteiger partial charge in [-0.25, -0.2) is 0 Å². The van der Waals surface area contributed by atoms with Gasteiger partial charge >= 0.3 is 0 Å². The minimum Gasteiger partial charge on any atom is -0.388 e. The predicted molar refractivity (Wildman–Crippen MR) is 54.0 cm³/mol. The second-order valence-electron chi connectivity index (χ2n) is 3.59. The molecule has 0 aromatic heterocycles. The van der Waals surface area contributed by atoms with Gasteiger partial charge in [0.15, 0.2) is 0 Å². The summed E-state index contributed by atoms with van der Waals surface area (Å²) in [6.07, 6.45) is 10.8. The van der Waals surface area contributed by atoms with E-state index in [1.807, 2.05) is 6.08 Å². The number of allylic oxidation sites excluding steroid dienone is 2. The molecule has 0 aliphatic heterocycles. The summed E-state index contributed by atoms with van der Waals surface area (Å²) < 4.78 is 0. The van der Waals surface area contributed by atoms with Crippen LogP contribution in [0.4, 0.5) is 0 Å². The van der Waals surface area contributed by atoms with Crippen molar-refractivity contribution in [3.05, 3.63) is 24.4 Å². The van der Waals surface area contributed by atoms with Crippen molar-refractivity contribution in [3.8, 4) is 0 Å². The fourth-order valence-corrected chi connectivity index (χ4v) is 1.58. The molecule has 0 bridgehead atoms. The van der Waals surface area contributed by atoms with E-state index in [1.54, 1.807) is 0 Å². The zero-order valence-electron chi connectivity index (χ0n) is 7.97. The van der Waals surface area contributed by atoms with Gasteiger partial charge in [-0.05, 0) is 31.5 Å². The van der Waals surface area contributed by atoms with Crippen molar-refractivity contribution in [1.29, 1.82) is 0 Å². The molecule has 0 heterocycles. The van der Waals surface area contributed by atoms with Crippen LogP contribution in [-0.4, -0.2) is 6.04 Å². The van der Waals surface area contributed by atoms with E-state index in [0.717, 1.165) is 0 Å². The second kappa shape index (κ2) is 5.02. The van der Waals surface area contributed by atoms with Gasteiger partial charge in [-0.2, -0.15) is 0 Å². The van der Waals surface area contributed by atoms with E-state index < -0.39 is 0 Å². The molecule has 1 aliphatic carbocycles. The fraction of sp³-hybridized carbons (Fsp3) is 0.636. The largest absolute Gasteiger partial charge is 0.388 e. The summed E-state index contributed by atoms with van der Waals surface area (Å²) in [4.78, 5) is 0. The van der Waals surface area contributed by atoms with Crippen molar-refractivity contribution in [1.82, 2.24) is 5.32 Å². The molecule has 1 N–H and O–H groups in total. The molecule has 0 radical (unpaired) electrons. The lowest BCUT2D eigenvalue weighted by molar-refractivity contribution is 0.404. The Morgan fingerprint density at radius 1 is 1.33 bits per heavy atom. The number of rotatable bonds is 3. The van der Waals surface area contributed by atoms with Crippen molar-refractivity contribution in [2.45, 2.75) is 45.1 Å². The summed E-state index contributed by atoms with van der Waals surface area (Å²) in [5.74, 6) is 0. The van der Waals surface area contributed by atoms with Crippen molar-refractivity contribution < 1.29 is 0 Å². The molecule has 1 nitrogen and oxygen atoms in total. The molecule has 1 rings (SSSR count). The lowest BCUT2D eigenvalue weighted by Crippen LogP contribution is -2.26. The summed E-state index contributed by atoms with van der Waals surface area (Å²) in [5.41, 5.74) is 1.22. The summed E-state index contributed by atoms with van der Waals surface area (Å²) >= 11 is 0. The maximum Gasteiger partial charge on any atom is 0.0255 e. The van der Waals surface area contributed by atoms with Crippen molar-refractivity contribution in [3.63, 3.8) is 0 Å². The van der Waals surface area contributed by atoms with Gasteiger partial charge in [0.05, 0.1) is 0 Å². The average molecular weight is 165 g/mol. The number of hydrogen-bond donors (Lipinski definition) is 1. The smallest absolute Gasteiger partial charge is 0.0255 e. The Morgan fingerprint density at radius 2 is 2.00 bits per heavy atom. The van der Waals surface area contributed by atoms with Crippen molar-refractivity contribution in [2.75, 3.05) is 0 Å². The van der Waals surface area contributed by atoms with Crippen LogP contribution in [0.5, 0.6) is 0 Å². The van der Waals surface area contributed by atoms with Crippen molar-refractivity contribution >= 4 is 0 Å². The van der Waals surface area contributed by atoms with Gasteiger partial charge in [-0.1, -0.05) is 31.9 Å². The van der Waals surface area contributed by atoms with Crippen LogP contribution in [0.25, 0.3) is 0 Å². The Kier molecular flexibility index (Phi) is 3.92. The minimum atomic E-state index is 0.716. The normalized spacial score (nSPS) is 20.6. The second-order valence-corrected chi connectivity index (χ2v) is 3.59. The molecule has 0 amide bonds. The third kappa shape index (κ3) is 3.12. The van der Waals surface area contributed by atoms with E-state index in [4.69, 9.17) is 0 Å². The highest BCUT2D eigenvalue weighted by Crippen LogP contribution is 2.17. The van der Waals surface area contributed by atoms with E-state index >= 15 is 0 Å². The lowest BCUT2D eigenvalue weighted by Gasteiger charge is -2.21. The van der Waals surface area contributed by atoms with Crippen LogP contribution < -0.4 is 5.32 Å². The van der Waals surface area contributed by atoms with Crippen LogP contribution in [0, 0.1) is 0 Å². The van der Waals surface area contributed by atoms with Crippen LogP contribution in [0.3, 0.4) is 0 Å². The topological polar surface area (TPSA) is 12.0 Å². The lowest BCUT2D eigenvalue weighted by atomic mass is 9.96. The monoisotopic (exact) mass is 165 g/mol. The predicted octanol–water partition coefficient (Wildman–Crippen LogP) is 3.00. The van der Waals surface area contributed by atoms with Crippen LogP contribution in [0.2, 0.25) is 0 Å².